The van der Waals surface area contributed by atoms with E-state index in [9.17, 15) is 0 Å². The summed E-state index contributed by atoms with van der Waals surface area (Å²) < 4.78 is 0. The fourth-order valence-electron chi connectivity index (χ4n) is 2.32. The molecular formula is C11H24N2. The molecule has 2 atom stereocenters. The zero-order valence-electron chi connectivity index (χ0n) is 9.67. The van der Waals surface area contributed by atoms with Crippen molar-refractivity contribution in [1.29, 1.82) is 0 Å². The third-order valence-electron chi connectivity index (χ3n) is 3.29. The van der Waals surface area contributed by atoms with Crippen molar-refractivity contribution >= 4 is 0 Å². The van der Waals surface area contributed by atoms with Gasteiger partial charge in [-0.05, 0) is 18.9 Å². The van der Waals surface area contributed by atoms with Crippen molar-refractivity contribution in [3.63, 3.8) is 0 Å². The average Bonchev–Trinajstić information content (AvgIpc) is 2.03. The van der Waals surface area contributed by atoms with Gasteiger partial charge < -0.3 is 5.32 Å². The van der Waals surface area contributed by atoms with Crippen molar-refractivity contribution in [3.05, 3.63) is 0 Å². The summed E-state index contributed by atoms with van der Waals surface area (Å²) in [6.07, 6.45) is 0. The maximum Gasteiger partial charge on any atom is 0.0244 e. The van der Waals surface area contributed by atoms with Crippen LogP contribution in [0.5, 0.6) is 0 Å². The highest BCUT2D eigenvalue weighted by molar-refractivity contribution is 4.88. The first-order valence-corrected chi connectivity index (χ1v) is 5.46. The van der Waals surface area contributed by atoms with Gasteiger partial charge in [-0.3, -0.25) is 4.90 Å². The van der Waals surface area contributed by atoms with E-state index in [1.54, 1.807) is 0 Å². The van der Waals surface area contributed by atoms with Crippen molar-refractivity contribution < 1.29 is 0 Å². The fourth-order valence-corrected chi connectivity index (χ4v) is 2.32. The van der Waals surface area contributed by atoms with Gasteiger partial charge in [-0.25, -0.2) is 0 Å². The van der Waals surface area contributed by atoms with Gasteiger partial charge >= 0.3 is 0 Å². The van der Waals surface area contributed by atoms with Gasteiger partial charge in [0.25, 0.3) is 0 Å². The van der Waals surface area contributed by atoms with Crippen LogP contribution in [0.3, 0.4) is 0 Å². The Kier molecular flexibility index (Phi) is 3.74. The molecule has 1 aliphatic heterocycles. The molecule has 2 nitrogen and oxygen atoms in total. The highest BCUT2D eigenvalue weighted by Crippen LogP contribution is 2.19. The van der Waals surface area contributed by atoms with E-state index in [4.69, 9.17) is 0 Å². The van der Waals surface area contributed by atoms with Crippen LogP contribution in [0.15, 0.2) is 0 Å². The van der Waals surface area contributed by atoms with Gasteiger partial charge in [0.05, 0.1) is 0 Å². The van der Waals surface area contributed by atoms with E-state index in [1.165, 1.54) is 0 Å². The van der Waals surface area contributed by atoms with Crippen molar-refractivity contribution in [2.24, 2.45) is 11.8 Å². The topological polar surface area (TPSA) is 15.3 Å². The fraction of sp³-hybridized carbons (Fsp3) is 1.00. The van der Waals surface area contributed by atoms with E-state index >= 15 is 0 Å². The summed E-state index contributed by atoms with van der Waals surface area (Å²) in [7, 11) is 2.27. The van der Waals surface area contributed by atoms with Crippen molar-refractivity contribution in [3.8, 4) is 0 Å². The van der Waals surface area contributed by atoms with Crippen LogP contribution < -0.4 is 5.32 Å². The number of hydrogen-bond donors (Lipinski definition) is 1. The Labute approximate surface area is 82.7 Å². The molecule has 0 spiro atoms. The molecule has 1 fully saturated rings. The molecular weight excluding hydrogens is 160 g/mol. The molecule has 1 saturated heterocycles. The highest BCUT2D eigenvalue weighted by Gasteiger charge is 2.30. The van der Waals surface area contributed by atoms with Gasteiger partial charge in [0.1, 0.15) is 0 Å². The standard InChI is InChI=1S/C11H24N2/c1-8(2)10-6-12-7-11(9(3)4)13(10)5/h8-12H,6-7H2,1-5H3/t10-,11?/m1/s1. The Balaban J connectivity index is 2.60. The molecule has 0 amide bonds. The maximum absolute atomic E-state index is 3.54. The average molecular weight is 184 g/mol. The van der Waals surface area contributed by atoms with Crippen LogP contribution in [0.2, 0.25) is 0 Å². The van der Waals surface area contributed by atoms with Gasteiger partial charge in [-0.2, -0.15) is 0 Å². The summed E-state index contributed by atoms with van der Waals surface area (Å²) in [6.45, 7) is 11.5. The predicted octanol–water partition coefficient (Wildman–Crippen LogP) is 1.57. The Hall–Kier alpha value is -0.0800. The van der Waals surface area contributed by atoms with Crippen LogP contribution in [-0.2, 0) is 0 Å². The first-order chi connectivity index (χ1) is 6.04. The van der Waals surface area contributed by atoms with E-state index in [1.807, 2.05) is 0 Å². The maximum atomic E-state index is 3.54. The van der Waals surface area contributed by atoms with E-state index < -0.39 is 0 Å². The minimum Gasteiger partial charge on any atom is -0.314 e. The van der Waals surface area contributed by atoms with Crippen LogP contribution in [0, 0.1) is 11.8 Å². The molecule has 0 radical (unpaired) electrons. The van der Waals surface area contributed by atoms with E-state index in [-0.39, 0.29) is 0 Å². The third kappa shape index (κ3) is 2.44. The molecule has 0 aromatic heterocycles. The number of hydrogen-bond acceptors (Lipinski definition) is 2. The van der Waals surface area contributed by atoms with E-state index in [0.29, 0.717) is 12.1 Å². The minimum absolute atomic E-state index is 0.709. The summed E-state index contributed by atoms with van der Waals surface area (Å²) in [5.74, 6) is 1.50. The Morgan fingerprint density at radius 1 is 1.00 bits per heavy atom. The van der Waals surface area contributed by atoms with E-state index in [0.717, 1.165) is 24.9 Å². The van der Waals surface area contributed by atoms with Crippen LogP contribution >= 0.6 is 0 Å². The minimum atomic E-state index is 0.709. The van der Waals surface area contributed by atoms with E-state index in [2.05, 4.69) is 45.0 Å². The molecule has 0 aromatic carbocycles. The molecule has 13 heavy (non-hydrogen) atoms. The molecule has 1 unspecified atom stereocenters. The highest BCUT2D eigenvalue weighted by atomic mass is 15.2. The summed E-state index contributed by atoms with van der Waals surface area (Å²) in [5, 5.41) is 3.54. The van der Waals surface area contributed by atoms with Crippen LogP contribution in [-0.4, -0.2) is 37.1 Å². The molecule has 0 bridgehead atoms. The normalized spacial score (nSPS) is 31.6. The Bertz CT molecular complexity index is 138. The Morgan fingerprint density at radius 2 is 1.38 bits per heavy atom. The van der Waals surface area contributed by atoms with Gasteiger partial charge in [-0.15, -0.1) is 0 Å². The first kappa shape index (κ1) is 11.0. The summed E-state index contributed by atoms with van der Waals surface area (Å²) in [6, 6.07) is 1.42. The molecule has 1 N–H and O–H groups in total. The molecule has 1 rings (SSSR count). The zero-order chi connectivity index (χ0) is 10.0. The van der Waals surface area contributed by atoms with Crippen molar-refractivity contribution in [2.45, 2.75) is 39.8 Å². The van der Waals surface area contributed by atoms with Gasteiger partial charge in [0.15, 0.2) is 0 Å². The number of likely N-dealkylation sites (N-methyl/N-ethyl adjacent to an activating group) is 1. The van der Waals surface area contributed by atoms with Gasteiger partial charge in [0.2, 0.25) is 0 Å². The number of nitrogens with one attached hydrogen (secondary N) is 1. The SMILES string of the molecule is CC(C)C1CNC[C@H](C(C)C)N1C. The quantitative estimate of drug-likeness (QED) is 0.701. The lowest BCUT2D eigenvalue weighted by atomic mass is 9.93. The monoisotopic (exact) mass is 184 g/mol. The van der Waals surface area contributed by atoms with Crippen LogP contribution in [0.4, 0.5) is 0 Å². The molecule has 0 aliphatic carbocycles. The van der Waals surface area contributed by atoms with Crippen LogP contribution in [0.25, 0.3) is 0 Å². The second kappa shape index (κ2) is 4.43. The number of piperazine rings is 1. The summed E-state index contributed by atoms with van der Waals surface area (Å²) in [5.41, 5.74) is 0. The second-order valence-electron chi connectivity index (χ2n) is 4.95. The first-order valence-electron chi connectivity index (χ1n) is 5.46. The lowest BCUT2D eigenvalue weighted by molar-refractivity contribution is 0.0720. The number of nitrogens with zero attached hydrogens (tertiary/aromatic N) is 1. The van der Waals surface area contributed by atoms with Gasteiger partial charge in [0, 0.05) is 25.2 Å². The summed E-state index contributed by atoms with van der Waals surface area (Å²) in [4.78, 5) is 2.56. The van der Waals surface area contributed by atoms with Gasteiger partial charge in [-0.1, -0.05) is 27.7 Å². The third-order valence-corrected chi connectivity index (χ3v) is 3.29. The van der Waals surface area contributed by atoms with Crippen molar-refractivity contribution in [2.75, 3.05) is 20.1 Å². The largest absolute Gasteiger partial charge is 0.314 e. The second-order valence-corrected chi connectivity index (χ2v) is 4.95. The number of rotatable bonds is 2. The molecule has 78 valence electrons. The van der Waals surface area contributed by atoms with Crippen molar-refractivity contribution in [1.82, 2.24) is 10.2 Å². The molecule has 0 aromatic rings. The smallest absolute Gasteiger partial charge is 0.0244 e. The molecule has 1 aliphatic rings. The lowest BCUT2D eigenvalue weighted by Crippen LogP contribution is -2.58. The Morgan fingerprint density at radius 3 is 1.69 bits per heavy atom. The molecule has 0 saturated carbocycles. The predicted molar refractivity (Wildman–Crippen MR) is 57.9 cm³/mol. The molecule has 2 heteroatoms. The zero-order valence-corrected chi connectivity index (χ0v) is 9.67. The van der Waals surface area contributed by atoms with Crippen LogP contribution in [0.1, 0.15) is 27.7 Å². The lowest BCUT2D eigenvalue weighted by Gasteiger charge is -2.44. The summed E-state index contributed by atoms with van der Waals surface area (Å²) >= 11 is 0. The molecule has 1 heterocycles.